The Kier molecular flexibility index (Phi) is 6.69. The summed E-state index contributed by atoms with van der Waals surface area (Å²) in [5.41, 5.74) is 2.24. The third-order valence-electron chi connectivity index (χ3n) is 5.86. The Hall–Kier alpha value is -1.38. The van der Waals surface area contributed by atoms with E-state index in [1.807, 2.05) is 11.8 Å². The van der Waals surface area contributed by atoms with Crippen LogP contribution >= 0.6 is 11.8 Å². The van der Waals surface area contributed by atoms with E-state index in [0.29, 0.717) is 0 Å². The lowest BCUT2D eigenvalue weighted by atomic mass is 10.2. The predicted octanol–water partition coefficient (Wildman–Crippen LogP) is 2.04. The second kappa shape index (κ2) is 9.41. The molecule has 1 unspecified atom stereocenters. The average molecular weight is 404 g/mol. The lowest BCUT2D eigenvalue weighted by molar-refractivity contribution is 0.337. The smallest absolute Gasteiger partial charge is 0.160 e. The zero-order valence-corrected chi connectivity index (χ0v) is 18.0. The van der Waals surface area contributed by atoms with Gasteiger partial charge in [0.2, 0.25) is 0 Å². The molecule has 0 aromatic carbocycles. The van der Waals surface area contributed by atoms with Crippen molar-refractivity contribution in [2.45, 2.75) is 38.4 Å². The Bertz CT molecular complexity index is 696. The number of thioether (sulfide) groups is 1. The third-order valence-corrected chi connectivity index (χ3v) is 7.11. The highest BCUT2D eigenvalue weighted by Gasteiger charge is 2.28. The van der Waals surface area contributed by atoms with Crippen molar-refractivity contribution in [1.29, 1.82) is 0 Å². The fourth-order valence-corrected chi connectivity index (χ4v) is 5.11. The summed E-state index contributed by atoms with van der Waals surface area (Å²) in [7, 11) is 0. The largest absolute Gasteiger partial charge is 0.370 e. The summed E-state index contributed by atoms with van der Waals surface area (Å²) in [6.07, 6.45) is 3.88. The van der Waals surface area contributed by atoms with Gasteiger partial charge in [-0.05, 0) is 52.7 Å². The van der Waals surface area contributed by atoms with Crippen molar-refractivity contribution in [3.8, 4) is 0 Å². The van der Waals surface area contributed by atoms with Gasteiger partial charge in [0.05, 0.1) is 11.8 Å². The molecular formula is C20H33N7S. The van der Waals surface area contributed by atoms with Crippen LogP contribution in [0.15, 0.2) is 4.99 Å². The van der Waals surface area contributed by atoms with E-state index in [-0.39, 0.29) is 5.25 Å². The van der Waals surface area contributed by atoms with E-state index in [2.05, 4.69) is 34.3 Å². The maximum absolute atomic E-state index is 4.90. The van der Waals surface area contributed by atoms with Gasteiger partial charge in [-0.2, -0.15) is 0 Å². The van der Waals surface area contributed by atoms with Gasteiger partial charge >= 0.3 is 0 Å². The van der Waals surface area contributed by atoms with Crippen LogP contribution < -0.4 is 10.6 Å². The molecule has 2 N–H and O–H groups in total. The number of aliphatic imine (C=N–C) groups is 1. The highest BCUT2D eigenvalue weighted by atomic mass is 32.2. The van der Waals surface area contributed by atoms with Gasteiger partial charge in [0.1, 0.15) is 11.6 Å². The first-order valence-corrected chi connectivity index (χ1v) is 11.6. The summed E-state index contributed by atoms with van der Waals surface area (Å²) in [5.74, 6) is 1.92. The number of nitrogens with zero attached hydrogens (tertiary/aromatic N) is 5. The van der Waals surface area contributed by atoms with Crippen molar-refractivity contribution < 1.29 is 0 Å². The minimum absolute atomic E-state index is 0.231. The molecule has 154 valence electrons. The minimum Gasteiger partial charge on any atom is -0.370 e. The van der Waals surface area contributed by atoms with E-state index >= 15 is 0 Å². The molecule has 1 atom stereocenters. The van der Waals surface area contributed by atoms with E-state index in [1.165, 1.54) is 32.5 Å². The fourth-order valence-electron chi connectivity index (χ4n) is 4.01. The van der Waals surface area contributed by atoms with Gasteiger partial charge in [-0.1, -0.05) is 11.8 Å². The van der Waals surface area contributed by atoms with Crippen molar-refractivity contribution >= 4 is 22.7 Å². The van der Waals surface area contributed by atoms with Crippen LogP contribution in [-0.2, 0) is 0 Å². The Morgan fingerprint density at radius 1 is 1.11 bits per heavy atom. The third kappa shape index (κ3) is 4.78. The van der Waals surface area contributed by atoms with Gasteiger partial charge in [-0.15, -0.1) is 0 Å². The van der Waals surface area contributed by atoms with E-state index in [4.69, 9.17) is 15.0 Å². The van der Waals surface area contributed by atoms with Gasteiger partial charge in [0.15, 0.2) is 5.17 Å². The summed E-state index contributed by atoms with van der Waals surface area (Å²) >= 11 is 1.83. The lowest BCUT2D eigenvalue weighted by Gasteiger charge is -2.28. The topological polar surface area (TPSA) is 68.7 Å². The summed E-state index contributed by atoms with van der Waals surface area (Å²) < 4.78 is 0. The second-order valence-corrected chi connectivity index (χ2v) is 9.11. The van der Waals surface area contributed by atoms with Crippen LogP contribution in [0.5, 0.6) is 0 Å². The SMILES string of the molecule is Cc1nc(C2CN=C(N3CCNCC3)S2)nc(NCCCN2CCCC2)c1C. The number of hydrogen-bond donors (Lipinski definition) is 2. The highest BCUT2D eigenvalue weighted by Crippen LogP contribution is 2.35. The van der Waals surface area contributed by atoms with Crippen molar-refractivity contribution in [3.63, 3.8) is 0 Å². The number of amidine groups is 1. The van der Waals surface area contributed by atoms with Gasteiger partial charge in [-0.3, -0.25) is 4.99 Å². The van der Waals surface area contributed by atoms with E-state index < -0.39 is 0 Å². The van der Waals surface area contributed by atoms with Gasteiger partial charge < -0.3 is 20.4 Å². The van der Waals surface area contributed by atoms with Crippen LogP contribution in [0, 0.1) is 13.8 Å². The Morgan fingerprint density at radius 2 is 1.89 bits per heavy atom. The number of nitrogens with one attached hydrogen (secondary N) is 2. The lowest BCUT2D eigenvalue weighted by Crippen LogP contribution is -2.45. The maximum Gasteiger partial charge on any atom is 0.160 e. The number of anilines is 1. The molecule has 8 heteroatoms. The molecule has 7 nitrogen and oxygen atoms in total. The van der Waals surface area contributed by atoms with Crippen molar-refractivity contribution in [2.24, 2.45) is 4.99 Å². The second-order valence-electron chi connectivity index (χ2n) is 7.94. The molecule has 0 saturated carbocycles. The Balaban J connectivity index is 1.34. The first-order valence-electron chi connectivity index (χ1n) is 10.7. The van der Waals surface area contributed by atoms with Gasteiger partial charge in [0, 0.05) is 44.0 Å². The van der Waals surface area contributed by atoms with E-state index in [9.17, 15) is 0 Å². The Labute approximate surface area is 172 Å². The first kappa shape index (κ1) is 19.9. The molecule has 0 radical (unpaired) electrons. The summed E-state index contributed by atoms with van der Waals surface area (Å²) in [6, 6.07) is 0. The van der Waals surface area contributed by atoms with Crippen LogP contribution in [0.25, 0.3) is 0 Å². The van der Waals surface area contributed by atoms with Crippen molar-refractivity contribution in [2.75, 3.05) is 64.2 Å². The summed E-state index contributed by atoms with van der Waals surface area (Å²) in [4.78, 5) is 19.4. The maximum atomic E-state index is 4.90. The first-order chi connectivity index (χ1) is 13.7. The number of hydrogen-bond acceptors (Lipinski definition) is 8. The molecule has 1 aromatic heterocycles. The molecule has 3 aliphatic heterocycles. The molecule has 28 heavy (non-hydrogen) atoms. The molecule has 0 bridgehead atoms. The number of piperazine rings is 1. The molecule has 3 aliphatic rings. The van der Waals surface area contributed by atoms with Gasteiger partial charge in [-0.25, -0.2) is 9.97 Å². The van der Waals surface area contributed by atoms with E-state index in [0.717, 1.165) is 73.8 Å². The standard InChI is InChI=1S/C20H33N7S/c1-15-16(2)24-19(17-14-23-20(28-17)27-12-7-21-8-13-27)25-18(15)22-6-5-11-26-9-3-4-10-26/h17,21H,3-14H2,1-2H3,(H,22,24,25). The molecule has 4 rings (SSSR count). The number of aryl methyl sites for hydroxylation is 1. The average Bonchev–Trinajstić information content (AvgIpc) is 3.41. The number of rotatable bonds is 6. The van der Waals surface area contributed by atoms with E-state index in [1.54, 1.807) is 0 Å². The van der Waals surface area contributed by atoms with Crippen molar-refractivity contribution in [3.05, 3.63) is 17.1 Å². The van der Waals surface area contributed by atoms with Crippen LogP contribution in [-0.4, -0.2) is 83.8 Å². The van der Waals surface area contributed by atoms with Gasteiger partial charge in [0.25, 0.3) is 0 Å². The van der Waals surface area contributed by atoms with Crippen LogP contribution in [0.3, 0.4) is 0 Å². The van der Waals surface area contributed by atoms with Crippen LogP contribution in [0.4, 0.5) is 5.82 Å². The quantitative estimate of drug-likeness (QED) is 0.705. The predicted molar refractivity (Wildman–Crippen MR) is 117 cm³/mol. The zero-order chi connectivity index (χ0) is 19.3. The highest BCUT2D eigenvalue weighted by molar-refractivity contribution is 8.14. The monoisotopic (exact) mass is 403 g/mol. The molecule has 2 saturated heterocycles. The zero-order valence-electron chi connectivity index (χ0n) is 17.2. The minimum atomic E-state index is 0.231. The Morgan fingerprint density at radius 3 is 2.68 bits per heavy atom. The van der Waals surface area contributed by atoms with Crippen molar-refractivity contribution in [1.82, 2.24) is 25.1 Å². The van der Waals surface area contributed by atoms with Crippen LogP contribution in [0.1, 0.15) is 41.6 Å². The molecule has 0 spiro atoms. The molecule has 1 aromatic rings. The molecule has 2 fully saturated rings. The van der Waals surface area contributed by atoms with Crippen LogP contribution in [0.2, 0.25) is 0 Å². The summed E-state index contributed by atoms with van der Waals surface area (Å²) in [5, 5.41) is 8.37. The number of aromatic nitrogens is 2. The number of likely N-dealkylation sites (tertiary alicyclic amines) is 1. The molecular weight excluding hydrogens is 370 g/mol. The normalized spacial score (nSPS) is 23.3. The fraction of sp³-hybridized carbons (Fsp3) is 0.750. The molecule has 4 heterocycles. The summed E-state index contributed by atoms with van der Waals surface area (Å²) in [6.45, 7) is 13.8. The molecule has 0 aliphatic carbocycles. The molecule has 0 amide bonds.